The first-order valence-electron chi connectivity index (χ1n) is 4.97. The van der Waals surface area contributed by atoms with Crippen LogP contribution in [-0.4, -0.2) is 11.2 Å². The van der Waals surface area contributed by atoms with Gasteiger partial charge in [0, 0.05) is 6.42 Å². The Bertz CT molecular complexity index is 212. The van der Waals surface area contributed by atoms with Crippen molar-refractivity contribution in [2.45, 2.75) is 39.2 Å². The van der Waals surface area contributed by atoms with E-state index in [2.05, 4.69) is 13.8 Å². The van der Waals surface area contributed by atoms with Crippen LogP contribution in [0.4, 0.5) is 0 Å². The molecule has 1 rings (SSSR count). The summed E-state index contributed by atoms with van der Waals surface area (Å²) in [5.41, 5.74) is 1.08. The molecule has 0 spiro atoms. The molecule has 0 radical (unpaired) electrons. The van der Waals surface area contributed by atoms with E-state index in [0.29, 0.717) is 12.3 Å². The molecule has 74 valence electrons. The Balaban J connectivity index is 2.44. The van der Waals surface area contributed by atoms with Gasteiger partial charge in [-0.2, -0.15) is 0 Å². The number of furan rings is 1. The van der Waals surface area contributed by atoms with Crippen LogP contribution in [-0.2, 0) is 6.42 Å². The van der Waals surface area contributed by atoms with Gasteiger partial charge in [0.2, 0.25) is 0 Å². The first-order valence-corrected chi connectivity index (χ1v) is 4.97. The lowest BCUT2D eigenvalue weighted by atomic mass is 9.93. The van der Waals surface area contributed by atoms with E-state index < -0.39 is 0 Å². The molecule has 0 aliphatic rings. The maximum atomic E-state index is 9.84. The smallest absolute Gasteiger partial charge is 0.0935 e. The number of aliphatic hydroxyl groups is 1. The first kappa shape index (κ1) is 10.3. The van der Waals surface area contributed by atoms with Gasteiger partial charge in [-0.1, -0.05) is 26.7 Å². The molecule has 0 bridgehead atoms. The number of hydrogen-bond acceptors (Lipinski definition) is 2. The second-order valence-electron chi connectivity index (χ2n) is 3.48. The molecule has 1 unspecified atom stereocenters. The normalized spacial score (nSPS) is 13.5. The van der Waals surface area contributed by atoms with Gasteiger partial charge in [-0.05, 0) is 17.5 Å². The third-order valence-electron chi connectivity index (χ3n) is 2.62. The molecule has 2 nitrogen and oxygen atoms in total. The van der Waals surface area contributed by atoms with Gasteiger partial charge < -0.3 is 9.52 Å². The molecule has 2 heteroatoms. The minimum Gasteiger partial charge on any atom is -0.472 e. The second kappa shape index (κ2) is 5.07. The fourth-order valence-corrected chi connectivity index (χ4v) is 1.65. The molecule has 1 aromatic heterocycles. The quantitative estimate of drug-likeness (QED) is 0.759. The summed E-state index contributed by atoms with van der Waals surface area (Å²) in [5, 5.41) is 9.84. The van der Waals surface area contributed by atoms with Crippen LogP contribution in [0.2, 0.25) is 0 Å². The SMILES string of the molecule is CCC(CC)C(O)Cc1ccoc1. The highest BCUT2D eigenvalue weighted by Crippen LogP contribution is 2.17. The van der Waals surface area contributed by atoms with E-state index in [1.165, 1.54) is 0 Å². The number of aliphatic hydroxyl groups excluding tert-OH is 1. The Morgan fingerprint density at radius 1 is 1.38 bits per heavy atom. The minimum atomic E-state index is -0.229. The van der Waals surface area contributed by atoms with Crippen molar-refractivity contribution >= 4 is 0 Å². The fourth-order valence-electron chi connectivity index (χ4n) is 1.65. The van der Waals surface area contributed by atoms with Gasteiger partial charge in [0.05, 0.1) is 18.6 Å². The van der Waals surface area contributed by atoms with Crippen LogP contribution in [0.25, 0.3) is 0 Å². The van der Waals surface area contributed by atoms with Crippen LogP contribution in [0.1, 0.15) is 32.3 Å². The molecular formula is C11H18O2. The van der Waals surface area contributed by atoms with Gasteiger partial charge in [-0.25, -0.2) is 0 Å². The molecule has 1 aromatic rings. The molecule has 1 N–H and O–H groups in total. The predicted octanol–water partition coefficient (Wildman–Crippen LogP) is 2.62. The average Bonchev–Trinajstić information content (AvgIpc) is 2.59. The first-order chi connectivity index (χ1) is 6.27. The Kier molecular flexibility index (Phi) is 4.03. The van der Waals surface area contributed by atoms with Gasteiger partial charge in [-0.3, -0.25) is 0 Å². The summed E-state index contributed by atoms with van der Waals surface area (Å²) in [5.74, 6) is 0.412. The van der Waals surface area contributed by atoms with Crippen LogP contribution >= 0.6 is 0 Å². The highest BCUT2D eigenvalue weighted by Gasteiger charge is 2.15. The van der Waals surface area contributed by atoms with E-state index in [9.17, 15) is 5.11 Å². The molecule has 0 saturated heterocycles. The van der Waals surface area contributed by atoms with Crippen molar-refractivity contribution in [2.24, 2.45) is 5.92 Å². The van der Waals surface area contributed by atoms with Crippen molar-refractivity contribution in [1.82, 2.24) is 0 Å². The summed E-state index contributed by atoms with van der Waals surface area (Å²) in [6.07, 6.45) is 5.90. The van der Waals surface area contributed by atoms with Gasteiger partial charge in [0.15, 0.2) is 0 Å². The van der Waals surface area contributed by atoms with Crippen molar-refractivity contribution in [3.63, 3.8) is 0 Å². The molecule has 0 amide bonds. The van der Waals surface area contributed by atoms with Gasteiger partial charge in [-0.15, -0.1) is 0 Å². The highest BCUT2D eigenvalue weighted by atomic mass is 16.3. The van der Waals surface area contributed by atoms with Crippen molar-refractivity contribution in [3.05, 3.63) is 24.2 Å². The number of hydrogen-bond donors (Lipinski definition) is 1. The molecular weight excluding hydrogens is 164 g/mol. The Labute approximate surface area is 79.6 Å². The zero-order valence-electron chi connectivity index (χ0n) is 8.36. The van der Waals surface area contributed by atoms with Gasteiger partial charge in [0.25, 0.3) is 0 Å². The zero-order valence-corrected chi connectivity index (χ0v) is 8.36. The number of rotatable bonds is 5. The molecule has 0 aliphatic carbocycles. The lowest BCUT2D eigenvalue weighted by Crippen LogP contribution is -2.21. The Hall–Kier alpha value is -0.760. The van der Waals surface area contributed by atoms with Crippen molar-refractivity contribution in [3.8, 4) is 0 Å². The van der Waals surface area contributed by atoms with E-state index in [0.717, 1.165) is 18.4 Å². The Morgan fingerprint density at radius 3 is 2.54 bits per heavy atom. The lowest BCUT2D eigenvalue weighted by molar-refractivity contribution is 0.103. The van der Waals surface area contributed by atoms with E-state index >= 15 is 0 Å². The highest BCUT2D eigenvalue weighted by molar-refractivity contribution is 5.06. The Morgan fingerprint density at radius 2 is 2.08 bits per heavy atom. The second-order valence-corrected chi connectivity index (χ2v) is 3.48. The molecule has 0 aromatic carbocycles. The summed E-state index contributed by atoms with van der Waals surface area (Å²) in [6.45, 7) is 4.24. The maximum absolute atomic E-state index is 9.84. The average molecular weight is 182 g/mol. The van der Waals surface area contributed by atoms with Crippen LogP contribution in [0.5, 0.6) is 0 Å². The zero-order chi connectivity index (χ0) is 9.68. The predicted molar refractivity (Wildman–Crippen MR) is 52.5 cm³/mol. The van der Waals surface area contributed by atoms with Gasteiger partial charge >= 0.3 is 0 Å². The lowest BCUT2D eigenvalue weighted by Gasteiger charge is -2.18. The molecule has 0 fully saturated rings. The third-order valence-corrected chi connectivity index (χ3v) is 2.62. The monoisotopic (exact) mass is 182 g/mol. The van der Waals surface area contributed by atoms with Crippen molar-refractivity contribution in [1.29, 1.82) is 0 Å². The summed E-state index contributed by atoms with van der Waals surface area (Å²) >= 11 is 0. The molecule has 1 atom stereocenters. The third kappa shape index (κ3) is 2.88. The van der Waals surface area contributed by atoms with E-state index in [4.69, 9.17) is 4.42 Å². The van der Waals surface area contributed by atoms with Crippen LogP contribution in [0.15, 0.2) is 23.0 Å². The van der Waals surface area contributed by atoms with Crippen LogP contribution in [0, 0.1) is 5.92 Å². The van der Waals surface area contributed by atoms with E-state index in [1.807, 2.05) is 6.07 Å². The van der Waals surface area contributed by atoms with Crippen LogP contribution < -0.4 is 0 Å². The minimum absolute atomic E-state index is 0.229. The molecule has 0 saturated carbocycles. The van der Waals surface area contributed by atoms with E-state index in [1.54, 1.807) is 12.5 Å². The summed E-state index contributed by atoms with van der Waals surface area (Å²) in [7, 11) is 0. The standard InChI is InChI=1S/C11H18O2/c1-3-10(4-2)11(12)7-9-5-6-13-8-9/h5-6,8,10-12H,3-4,7H2,1-2H3. The van der Waals surface area contributed by atoms with Crippen molar-refractivity contribution < 1.29 is 9.52 Å². The maximum Gasteiger partial charge on any atom is 0.0935 e. The van der Waals surface area contributed by atoms with Crippen LogP contribution in [0.3, 0.4) is 0 Å². The molecule has 13 heavy (non-hydrogen) atoms. The summed E-state index contributed by atoms with van der Waals surface area (Å²) in [6, 6.07) is 1.91. The topological polar surface area (TPSA) is 33.4 Å². The molecule has 0 aliphatic heterocycles. The van der Waals surface area contributed by atoms with Gasteiger partial charge in [0.1, 0.15) is 0 Å². The fraction of sp³-hybridized carbons (Fsp3) is 0.636. The summed E-state index contributed by atoms with van der Waals surface area (Å²) in [4.78, 5) is 0. The van der Waals surface area contributed by atoms with E-state index in [-0.39, 0.29) is 6.10 Å². The largest absolute Gasteiger partial charge is 0.472 e. The molecule has 1 heterocycles. The van der Waals surface area contributed by atoms with Crippen molar-refractivity contribution in [2.75, 3.05) is 0 Å². The summed E-state index contributed by atoms with van der Waals surface area (Å²) < 4.78 is 4.95.